The standard InChI is InChI=1S/C19H27BrN2O4/c1-19(2,3)26-18(25)22-9-6-15(7-10-22)21-17(24)16-5-4-14(20)12-13(16)8-11-23/h4-5,12,15,23H,6-11H2,1-3H3,(H,21,24). The van der Waals surface area contributed by atoms with Gasteiger partial charge in [0.05, 0.1) is 0 Å². The van der Waals surface area contributed by atoms with Gasteiger partial charge in [0, 0.05) is 35.8 Å². The van der Waals surface area contributed by atoms with E-state index in [2.05, 4.69) is 21.2 Å². The van der Waals surface area contributed by atoms with E-state index in [1.807, 2.05) is 32.9 Å². The zero-order valence-electron chi connectivity index (χ0n) is 15.5. The molecule has 2 rings (SSSR count). The van der Waals surface area contributed by atoms with Crippen LogP contribution in [0.15, 0.2) is 22.7 Å². The van der Waals surface area contributed by atoms with Gasteiger partial charge in [-0.2, -0.15) is 0 Å². The Kier molecular flexibility index (Phi) is 7.06. The highest BCUT2D eigenvalue weighted by Crippen LogP contribution is 2.19. The molecular formula is C19H27BrN2O4. The minimum atomic E-state index is -0.507. The normalized spacial score (nSPS) is 15.7. The second-order valence-electron chi connectivity index (χ2n) is 7.49. The van der Waals surface area contributed by atoms with E-state index in [-0.39, 0.29) is 24.6 Å². The fourth-order valence-corrected chi connectivity index (χ4v) is 3.32. The number of hydrogen-bond donors (Lipinski definition) is 2. The van der Waals surface area contributed by atoms with E-state index in [0.717, 1.165) is 10.0 Å². The number of rotatable bonds is 4. The first-order chi connectivity index (χ1) is 12.2. The molecule has 26 heavy (non-hydrogen) atoms. The maximum absolute atomic E-state index is 12.6. The van der Waals surface area contributed by atoms with Gasteiger partial charge in [0.25, 0.3) is 5.91 Å². The fourth-order valence-electron chi connectivity index (χ4n) is 2.91. The van der Waals surface area contributed by atoms with Crippen LogP contribution in [0.5, 0.6) is 0 Å². The molecule has 0 unspecified atom stereocenters. The van der Waals surface area contributed by atoms with E-state index in [0.29, 0.717) is 37.9 Å². The summed E-state index contributed by atoms with van der Waals surface area (Å²) in [5, 5.41) is 12.3. The van der Waals surface area contributed by atoms with Crippen molar-refractivity contribution in [3.8, 4) is 0 Å². The number of aliphatic hydroxyl groups is 1. The lowest BCUT2D eigenvalue weighted by Gasteiger charge is -2.33. The first-order valence-corrected chi connectivity index (χ1v) is 9.67. The Morgan fingerprint density at radius 3 is 2.54 bits per heavy atom. The van der Waals surface area contributed by atoms with Gasteiger partial charge in [-0.1, -0.05) is 15.9 Å². The summed E-state index contributed by atoms with van der Waals surface area (Å²) < 4.78 is 6.27. The van der Waals surface area contributed by atoms with Gasteiger partial charge >= 0.3 is 6.09 Å². The van der Waals surface area contributed by atoms with Crippen LogP contribution in [0.3, 0.4) is 0 Å². The van der Waals surface area contributed by atoms with Gasteiger partial charge < -0.3 is 20.1 Å². The summed E-state index contributed by atoms with van der Waals surface area (Å²) in [7, 11) is 0. The number of nitrogens with zero attached hydrogens (tertiary/aromatic N) is 1. The molecule has 6 nitrogen and oxygen atoms in total. The molecule has 0 spiro atoms. The Morgan fingerprint density at radius 1 is 1.31 bits per heavy atom. The quantitative estimate of drug-likeness (QED) is 0.774. The minimum Gasteiger partial charge on any atom is -0.444 e. The zero-order valence-corrected chi connectivity index (χ0v) is 17.1. The van der Waals surface area contributed by atoms with E-state index in [9.17, 15) is 14.7 Å². The summed E-state index contributed by atoms with van der Waals surface area (Å²) >= 11 is 3.39. The summed E-state index contributed by atoms with van der Waals surface area (Å²) in [6.45, 7) is 6.65. The number of carbonyl (C=O) groups excluding carboxylic acids is 2. The molecule has 1 aliphatic rings. The second kappa shape index (κ2) is 8.86. The molecule has 0 aromatic heterocycles. The first-order valence-electron chi connectivity index (χ1n) is 8.87. The molecule has 0 radical (unpaired) electrons. The topological polar surface area (TPSA) is 78.9 Å². The molecule has 0 aliphatic carbocycles. The van der Waals surface area contributed by atoms with Gasteiger partial charge in [-0.15, -0.1) is 0 Å². The average molecular weight is 427 g/mol. The van der Waals surface area contributed by atoms with Crippen molar-refractivity contribution in [2.75, 3.05) is 19.7 Å². The van der Waals surface area contributed by atoms with Gasteiger partial charge in [-0.3, -0.25) is 4.79 Å². The Balaban J connectivity index is 1.91. The number of piperidine rings is 1. The summed E-state index contributed by atoms with van der Waals surface area (Å²) in [4.78, 5) is 26.4. The van der Waals surface area contributed by atoms with Crippen LogP contribution in [-0.2, 0) is 11.2 Å². The molecule has 0 atom stereocenters. The van der Waals surface area contributed by atoms with E-state index >= 15 is 0 Å². The van der Waals surface area contributed by atoms with Gasteiger partial charge in [0.15, 0.2) is 0 Å². The molecule has 1 aromatic carbocycles. The van der Waals surface area contributed by atoms with Crippen LogP contribution in [-0.4, -0.2) is 53.3 Å². The number of benzene rings is 1. The van der Waals surface area contributed by atoms with Crippen LogP contribution >= 0.6 is 15.9 Å². The lowest BCUT2D eigenvalue weighted by molar-refractivity contribution is 0.0199. The summed E-state index contributed by atoms with van der Waals surface area (Å²) in [5.74, 6) is -0.142. The predicted octanol–water partition coefficient (Wildman–Crippen LogP) is 3.11. The van der Waals surface area contributed by atoms with Crippen molar-refractivity contribution in [3.05, 3.63) is 33.8 Å². The number of amides is 2. The number of halogens is 1. The summed E-state index contributed by atoms with van der Waals surface area (Å²) in [5.41, 5.74) is 0.884. The molecule has 2 amide bonds. The highest BCUT2D eigenvalue weighted by atomic mass is 79.9. The fraction of sp³-hybridized carbons (Fsp3) is 0.579. The lowest BCUT2D eigenvalue weighted by Crippen LogP contribution is -2.47. The maximum Gasteiger partial charge on any atom is 0.410 e. The molecular weight excluding hydrogens is 400 g/mol. The zero-order chi connectivity index (χ0) is 19.3. The van der Waals surface area contributed by atoms with Crippen molar-refractivity contribution in [1.29, 1.82) is 0 Å². The van der Waals surface area contributed by atoms with Crippen LogP contribution < -0.4 is 5.32 Å². The molecule has 1 saturated heterocycles. The van der Waals surface area contributed by atoms with Crippen molar-refractivity contribution in [1.82, 2.24) is 10.2 Å². The van der Waals surface area contributed by atoms with Gasteiger partial charge in [-0.25, -0.2) is 4.79 Å². The molecule has 1 aliphatic heterocycles. The Bertz CT molecular complexity index is 649. The van der Waals surface area contributed by atoms with Crippen LogP contribution in [0.25, 0.3) is 0 Å². The monoisotopic (exact) mass is 426 g/mol. The summed E-state index contributed by atoms with van der Waals surface area (Å²) in [6.07, 6.45) is 1.51. The molecule has 2 N–H and O–H groups in total. The maximum atomic E-state index is 12.6. The van der Waals surface area contributed by atoms with Gasteiger partial charge in [0.2, 0.25) is 0 Å². The minimum absolute atomic E-state index is 0.00892. The second-order valence-corrected chi connectivity index (χ2v) is 8.41. The van der Waals surface area contributed by atoms with Crippen molar-refractivity contribution in [2.45, 2.75) is 51.7 Å². The Hall–Kier alpha value is -1.60. The van der Waals surface area contributed by atoms with Crippen LogP contribution in [0.4, 0.5) is 4.79 Å². The number of aliphatic hydroxyl groups excluding tert-OH is 1. The molecule has 144 valence electrons. The Morgan fingerprint density at radius 2 is 1.96 bits per heavy atom. The Labute approximate surface area is 163 Å². The smallest absolute Gasteiger partial charge is 0.410 e. The summed E-state index contributed by atoms with van der Waals surface area (Å²) in [6, 6.07) is 5.46. The van der Waals surface area contributed by atoms with E-state index in [4.69, 9.17) is 4.74 Å². The third-order valence-corrected chi connectivity index (χ3v) is 4.67. The highest BCUT2D eigenvalue weighted by molar-refractivity contribution is 9.10. The third kappa shape index (κ3) is 5.99. The average Bonchev–Trinajstić information content (AvgIpc) is 2.54. The molecule has 1 fully saturated rings. The first kappa shape index (κ1) is 20.7. The number of carbonyl (C=O) groups is 2. The number of hydrogen-bond acceptors (Lipinski definition) is 4. The molecule has 0 saturated carbocycles. The van der Waals surface area contributed by atoms with Crippen LogP contribution in [0.2, 0.25) is 0 Å². The predicted molar refractivity (Wildman–Crippen MR) is 103 cm³/mol. The largest absolute Gasteiger partial charge is 0.444 e. The van der Waals surface area contributed by atoms with E-state index in [1.165, 1.54) is 0 Å². The van der Waals surface area contributed by atoms with E-state index in [1.54, 1.807) is 11.0 Å². The van der Waals surface area contributed by atoms with Crippen molar-refractivity contribution >= 4 is 27.9 Å². The van der Waals surface area contributed by atoms with Gasteiger partial charge in [0.1, 0.15) is 5.60 Å². The van der Waals surface area contributed by atoms with Gasteiger partial charge in [-0.05, 0) is 63.8 Å². The molecule has 0 bridgehead atoms. The number of ether oxygens (including phenoxy) is 1. The third-order valence-electron chi connectivity index (χ3n) is 4.17. The van der Waals surface area contributed by atoms with E-state index < -0.39 is 5.60 Å². The van der Waals surface area contributed by atoms with Crippen molar-refractivity contribution in [3.63, 3.8) is 0 Å². The molecule has 7 heteroatoms. The molecule has 1 heterocycles. The SMILES string of the molecule is CC(C)(C)OC(=O)N1CCC(NC(=O)c2ccc(Br)cc2CCO)CC1. The van der Waals surface area contributed by atoms with Crippen LogP contribution in [0.1, 0.15) is 49.5 Å². The van der Waals surface area contributed by atoms with Crippen LogP contribution in [0, 0.1) is 0 Å². The molecule has 1 aromatic rings. The lowest BCUT2D eigenvalue weighted by atomic mass is 10.0. The number of nitrogens with one attached hydrogen (secondary N) is 1. The van der Waals surface area contributed by atoms with Crippen molar-refractivity contribution in [2.24, 2.45) is 0 Å². The number of likely N-dealkylation sites (tertiary alicyclic amines) is 1. The van der Waals surface area contributed by atoms with Crippen molar-refractivity contribution < 1.29 is 19.4 Å². The highest BCUT2D eigenvalue weighted by Gasteiger charge is 2.27.